The highest BCUT2D eigenvalue weighted by Crippen LogP contribution is 2.19. The van der Waals surface area contributed by atoms with Crippen molar-refractivity contribution in [2.45, 2.75) is 44.3 Å². The molecule has 4 nitrogen and oxygen atoms in total. The van der Waals surface area contributed by atoms with Crippen LogP contribution < -0.4 is 11.1 Å². The Kier molecular flexibility index (Phi) is 4.56. The normalized spacial score (nSPS) is 24.9. The van der Waals surface area contributed by atoms with Crippen LogP contribution in [-0.2, 0) is 6.54 Å². The fraction of sp³-hybridized carbons (Fsp3) is 0.636. The largest absolute Gasteiger partial charge is 0.326 e. The van der Waals surface area contributed by atoms with E-state index in [1.54, 1.807) is 6.20 Å². The smallest absolute Gasteiger partial charge is 0.223 e. The first-order chi connectivity index (χ1) is 8.16. The van der Waals surface area contributed by atoms with Crippen molar-refractivity contribution in [3.63, 3.8) is 0 Å². The van der Waals surface area contributed by atoms with E-state index >= 15 is 0 Å². The summed E-state index contributed by atoms with van der Waals surface area (Å²) in [6.45, 7) is 0.633. The van der Waals surface area contributed by atoms with Gasteiger partial charge in [-0.25, -0.2) is 9.97 Å². The number of rotatable bonds is 3. The fourth-order valence-corrected chi connectivity index (χ4v) is 2.51. The standard InChI is InChI=1S/C11H16Cl2N4/c12-10-7(6-16-11(13)17-10)5-15-9-4-2-1-3-8(9)14/h6,8-9,15H,1-5,14H2/t8-,9-/m1/s1. The van der Waals surface area contributed by atoms with Gasteiger partial charge in [-0.2, -0.15) is 0 Å². The molecule has 1 aromatic heterocycles. The third kappa shape index (κ3) is 3.52. The molecule has 17 heavy (non-hydrogen) atoms. The summed E-state index contributed by atoms with van der Waals surface area (Å²) < 4.78 is 0. The molecule has 0 bridgehead atoms. The average Bonchev–Trinajstić information content (AvgIpc) is 2.30. The van der Waals surface area contributed by atoms with Crippen LogP contribution in [0.25, 0.3) is 0 Å². The Morgan fingerprint density at radius 3 is 2.82 bits per heavy atom. The van der Waals surface area contributed by atoms with Crippen molar-refractivity contribution >= 4 is 23.2 Å². The van der Waals surface area contributed by atoms with E-state index in [1.807, 2.05) is 0 Å². The zero-order valence-electron chi connectivity index (χ0n) is 9.50. The van der Waals surface area contributed by atoms with Crippen LogP contribution in [0.5, 0.6) is 0 Å². The Labute approximate surface area is 111 Å². The van der Waals surface area contributed by atoms with Gasteiger partial charge in [0.1, 0.15) is 5.15 Å². The van der Waals surface area contributed by atoms with Crippen LogP contribution in [0.4, 0.5) is 0 Å². The number of nitrogens with one attached hydrogen (secondary N) is 1. The van der Waals surface area contributed by atoms with Crippen LogP contribution in [0.2, 0.25) is 10.4 Å². The van der Waals surface area contributed by atoms with E-state index in [0.29, 0.717) is 17.7 Å². The van der Waals surface area contributed by atoms with Gasteiger partial charge < -0.3 is 11.1 Å². The summed E-state index contributed by atoms with van der Waals surface area (Å²) in [6.07, 6.45) is 6.31. The minimum absolute atomic E-state index is 0.174. The molecule has 1 aliphatic carbocycles. The Hall–Kier alpha value is -0.420. The summed E-state index contributed by atoms with van der Waals surface area (Å²) >= 11 is 11.6. The second-order valence-electron chi connectivity index (χ2n) is 4.39. The second kappa shape index (κ2) is 5.96. The monoisotopic (exact) mass is 274 g/mol. The summed E-state index contributed by atoms with van der Waals surface area (Å²) in [4.78, 5) is 7.83. The van der Waals surface area contributed by atoms with Crippen molar-refractivity contribution < 1.29 is 0 Å². The molecule has 0 spiro atoms. The first-order valence-corrected chi connectivity index (χ1v) is 6.58. The predicted molar refractivity (Wildman–Crippen MR) is 69.1 cm³/mol. The molecule has 0 unspecified atom stereocenters. The van der Waals surface area contributed by atoms with Crippen LogP contribution >= 0.6 is 23.2 Å². The Balaban J connectivity index is 1.92. The number of halogens is 2. The summed E-state index contributed by atoms with van der Waals surface area (Å²) in [7, 11) is 0. The predicted octanol–water partition coefficient (Wildman–Crippen LogP) is 2.14. The van der Waals surface area contributed by atoms with Crippen molar-refractivity contribution in [2.24, 2.45) is 5.73 Å². The molecule has 1 heterocycles. The van der Waals surface area contributed by atoms with Crippen molar-refractivity contribution in [3.8, 4) is 0 Å². The molecule has 2 atom stereocenters. The van der Waals surface area contributed by atoms with Gasteiger partial charge >= 0.3 is 0 Å². The zero-order chi connectivity index (χ0) is 12.3. The highest BCUT2D eigenvalue weighted by molar-refractivity contribution is 6.32. The third-order valence-electron chi connectivity index (χ3n) is 3.16. The van der Waals surface area contributed by atoms with Gasteiger partial charge in [-0.05, 0) is 24.4 Å². The van der Waals surface area contributed by atoms with Gasteiger partial charge in [-0.3, -0.25) is 0 Å². The van der Waals surface area contributed by atoms with E-state index in [1.165, 1.54) is 12.8 Å². The summed E-state index contributed by atoms with van der Waals surface area (Å²) in [5, 5.41) is 3.99. The Morgan fingerprint density at radius 2 is 2.12 bits per heavy atom. The van der Waals surface area contributed by atoms with Gasteiger partial charge in [0.25, 0.3) is 0 Å². The lowest BCUT2D eigenvalue weighted by molar-refractivity contribution is 0.326. The lowest BCUT2D eigenvalue weighted by Crippen LogP contribution is -2.46. The molecule has 0 aromatic carbocycles. The summed E-state index contributed by atoms with van der Waals surface area (Å²) in [5.41, 5.74) is 6.91. The molecule has 1 saturated carbocycles. The first-order valence-electron chi connectivity index (χ1n) is 5.82. The van der Waals surface area contributed by atoms with Gasteiger partial charge in [0.15, 0.2) is 0 Å². The topological polar surface area (TPSA) is 63.8 Å². The van der Waals surface area contributed by atoms with E-state index < -0.39 is 0 Å². The number of hydrogen-bond donors (Lipinski definition) is 2. The number of nitrogens with two attached hydrogens (primary N) is 1. The van der Waals surface area contributed by atoms with Crippen molar-refractivity contribution in [1.82, 2.24) is 15.3 Å². The molecule has 1 aromatic rings. The quantitative estimate of drug-likeness (QED) is 0.655. The summed E-state index contributed by atoms with van der Waals surface area (Å²) in [6, 6.07) is 0.589. The molecule has 1 aliphatic rings. The molecule has 6 heteroatoms. The minimum atomic E-state index is 0.174. The molecule has 0 amide bonds. The summed E-state index contributed by atoms with van der Waals surface area (Å²) in [5.74, 6) is 0. The van der Waals surface area contributed by atoms with Crippen LogP contribution in [0.3, 0.4) is 0 Å². The number of hydrogen-bond acceptors (Lipinski definition) is 4. The van der Waals surface area contributed by atoms with Gasteiger partial charge in [0, 0.05) is 30.4 Å². The molecule has 1 fully saturated rings. The molecule has 3 N–H and O–H groups in total. The molecule has 0 saturated heterocycles. The van der Waals surface area contributed by atoms with Crippen molar-refractivity contribution in [2.75, 3.05) is 0 Å². The van der Waals surface area contributed by atoms with E-state index in [-0.39, 0.29) is 11.3 Å². The molecule has 0 radical (unpaired) electrons. The lowest BCUT2D eigenvalue weighted by atomic mass is 9.91. The SMILES string of the molecule is N[C@@H]1CCCC[C@H]1NCc1cnc(Cl)nc1Cl. The van der Waals surface area contributed by atoms with Crippen molar-refractivity contribution in [1.29, 1.82) is 0 Å². The molecular formula is C11H16Cl2N4. The maximum atomic E-state index is 6.06. The average molecular weight is 275 g/mol. The zero-order valence-corrected chi connectivity index (χ0v) is 11.0. The van der Waals surface area contributed by atoms with E-state index in [4.69, 9.17) is 28.9 Å². The Bertz CT molecular complexity index is 386. The lowest BCUT2D eigenvalue weighted by Gasteiger charge is -2.29. The highest BCUT2D eigenvalue weighted by Gasteiger charge is 2.21. The van der Waals surface area contributed by atoms with Crippen molar-refractivity contribution in [3.05, 3.63) is 22.2 Å². The van der Waals surface area contributed by atoms with Gasteiger partial charge in [-0.15, -0.1) is 0 Å². The number of aromatic nitrogens is 2. The molecule has 94 valence electrons. The molecule has 0 aliphatic heterocycles. The van der Waals surface area contributed by atoms with Crippen LogP contribution in [0, 0.1) is 0 Å². The van der Waals surface area contributed by atoms with Gasteiger partial charge in [0.05, 0.1) is 0 Å². The van der Waals surface area contributed by atoms with Crippen LogP contribution in [0.15, 0.2) is 6.20 Å². The Morgan fingerprint density at radius 1 is 1.35 bits per heavy atom. The maximum absolute atomic E-state index is 6.06. The highest BCUT2D eigenvalue weighted by atomic mass is 35.5. The van der Waals surface area contributed by atoms with E-state index in [0.717, 1.165) is 18.4 Å². The van der Waals surface area contributed by atoms with Crippen LogP contribution in [-0.4, -0.2) is 22.1 Å². The number of nitrogens with zero attached hydrogens (tertiary/aromatic N) is 2. The fourth-order valence-electron chi connectivity index (χ4n) is 2.14. The van der Waals surface area contributed by atoms with E-state index in [2.05, 4.69) is 15.3 Å². The molecular weight excluding hydrogens is 259 g/mol. The van der Waals surface area contributed by atoms with Gasteiger partial charge in [0.2, 0.25) is 5.28 Å². The van der Waals surface area contributed by atoms with E-state index in [9.17, 15) is 0 Å². The van der Waals surface area contributed by atoms with Gasteiger partial charge in [-0.1, -0.05) is 24.4 Å². The third-order valence-corrected chi connectivity index (χ3v) is 3.67. The molecule has 2 rings (SSSR count). The minimum Gasteiger partial charge on any atom is -0.326 e. The maximum Gasteiger partial charge on any atom is 0.223 e. The second-order valence-corrected chi connectivity index (χ2v) is 5.09. The van der Waals surface area contributed by atoms with Crippen LogP contribution in [0.1, 0.15) is 31.2 Å². The first kappa shape index (κ1) is 13.0.